The fourth-order valence-electron chi connectivity index (χ4n) is 1.66. The van der Waals surface area contributed by atoms with E-state index in [1.807, 2.05) is 0 Å². The van der Waals surface area contributed by atoms with E-state index in [0.29, 0.717) is 18.9 Å². The quantitative estimate of drug-likeness (QED) is 0.294. The van der Waals surface area contributed by atoms with Gasteiger partial charge in [0.25, 0.3) is 11.6 Å². The van der Waals surface area contributed by atoms with Gasteiger partial charge in [0.2, 0.25) is 5.91 Å². The average molecular weight is 298 g/mol. The zero-order valence-corrected chi connectivity index (χ0v) is 11.1. The summed E-state index contributed by atoms with van der Waals surface area (Å²) in [6, 6.07) is 1.49. The van der Waals surface area contributed by atoms with E-state index >= 15 is 0 Å². The molecule has 0 saturated heterocycles. The lowest BCUT2D eigenvalue weighted by Gasteiger charge is -2.08. The Bertz CT molecular complexity index is 577. The highest BCUT2D eigenvalue weighted by molar-refractivity contribution is 6.01. The number of carbonyl (C=O) groups excluding carboxylic acids is 2. The Labute approximate surface area is 119 Å². The van der Waals surface area contributed by atoms with Crippen molar-refractivity contribution in [2.45, 2.75) is 19.3 Å². The first-order chi connectivity index (χ1) is 9.82. The molecular weight excluding hydrogens is 283 g/mol. The summed E-state index contributed by atoms with van der Waals surface area (Å²) in [5, 5.41) is 13.1. The molecule has 21 heavy (non-hydrogen) atoms. The highest BCUT2D eigenvalue weighted by Crippen LogP contribution is 2.26. The SMILES string of the molecule is NC(=O)CCCCNC(=O)c1cc(F)cc([N+](=O)[O-])c1N. The molecule has 0 bridgehead atoms. The van der Waals surface area contributed by atoms with Crippen LogP contribution in [0.15, 0.2) is 12.1 Å². The van der Waals surface area contributed by atoms with E-state index in [2.05, 4.69) is 5.32 Å². The molecule has 1 aromatic rings. The van der Waals surface area contributed by atoms with Crippen molar-refractivity contribution in [2.75, 3.05) is 12.3 Å². The number of nitrogens with two attached hydrogens (primary N) is 2. The average Bonchev–Trinajstić information content (AvgIpc) is 2.39. The van der Waals surface area contributed by atoms with Gasteiger partial charge in [0.15, 0.2) is 0 Å². The van der Waals surface area contributed by atoms with Crippen LogP contribution in [0.5, 0.6) is 0 Å². The summed E-state index contributed by atoms with van der Waals surface area (Å²) >= 11 is 0. The van der Waals surface area contributed by atoms with Gasteiger partial charge in [0.1, 0.15) is 11.5 Å². The number of unbranched alkanes of at least 4 members (excludes halogenated alkanes) is 1. The van der Waals surface area contributed by atoms with Crippen molar-refractivity contribution in [1.29, 1.82) is 0 Å². The summed E-state index contributed by atoms with van der Waals surface area (Å²) in [5.74, 6) is -2.07. The van der Waals surface area contributed by atoms with Crippen LogP contribution in [0.4, 0.5) is 15.8 Å². The Morgan fingerprint density at radius 1 is 1.33 bits per heavy atom. The molecule has 0 saturated carbocycles. The highest BCUT2D eigenvalue weighted by Gasteiger charge is 2.21. The molecule has 0 heterocycles. The second kappa shape index (κ2) is 7.17. The first kappa shape index (κ1) is 16.3. The molecule has 0 atom stereocenters. The molecule has 0 radical (unpaired) electrons. The van der Waals surface area contributed by atoms with Gasteiger partial charge in [-0.15, -0.1) is 0 Å². The standard InChI is InChI=1S/C12H15FN4O4/c13-7-5-8(11(15)9(6-7)17(20)21)12(19)16-4-2-1-3-10(14)18/h5-6H,1-4,15H2,(H2,14,18)(H,16,19). The fourth-order valence-corrected chi connectivity index (χ4v) is 1.66. The minimum Gasteiger partial charge on any atom is -0.393 e. The van der Waals surface area contributed by atoms with Gasteiger partial charge in [0.05, 0.1) is 16.6 Å². The van der Waals surface area contributed by atoms with Crippen molar-refractivity contribution in [3.63, 3.8) is 0 Å². The number of hydrogen-bond acceptors (Lipinski definition) is 5. The first-order valence-corrected chi connectivity index (χ1v) is 6.13. The molecule has 5 N–H and O–H groups in total. The van der Waals surface area contributed by atoms with Crippen LogP contribution in [-0.2, 0) is 4.79 Å². The van der Waals surface area contributed by atoms with Gasteiger partial charge in [-0.3, -0.25) is 19.7 Å². The molecule has 0 fully saturated rings. The number of nitro benzene ring substituents is 1. The molecule has 0 aliphatic rings. The Morgan fingerprint density at radius 3 is 2.57 bits per heavy atom. The third kappa shape index (κ3) is 4.71. The van der Waals surface area contributed by atoms with E-state index < -0.39 is 33.9 Å². The first-order valence-electron chi connectivity index (χ1n) is 6.13. The topological polar surface area (TPSA) is 141 Å². The van der Waals surface area contributed by atoms with Crippen LogP contribution >= 0.6 is 0 Å². The van der Waals surface area contributed by atoms with Crippen LogP contribution in [0.25, 0.3) is 0 Å². The molecular formula is C12H15FN4O4. The smallest absolute Gasteiger partial charge is 0.295 e. The Balaban J connectivity index is 2.70. The van der Waals surface area contributed by atoms with Crippen molar-refractivity contribution in [2.24, 2.45) is 5.73 Å². The number of primary amides is 1. The maximum absolute atomic E-state index is 13.3. The molecule has 9 heteroatoms. The molecule has 1 aromatic carbocycles. The molecule has 114 valence electrons. The number of amides is 2. The van der Waals surface area contributed by atoms with Crippen LogP contribution < -0.4 is 16.8 Å². The van der Waals surface area contributed by atoms with E-state index in [0.717, 1.165) is 6.07 Å². The minimum absolute atomic E-state index is 0.198. The number of nitro groups is 1. The largest absolute Gasteiger partial charge is 0.393 e. The van der Waals surface area contributed by atoms with Gasteiger partial charge in [-0.2, -0.15) is 0 Å². The van der Waals surface area contributed by atoms with Crippen molar-refractivity contribution in [3.05, 3.63) is 33.6 Å². The molecule has 8 nitrogen and oxygen atoms in total. The molecule has 0 aliphatic carbocycles. The summed E-state index contributed by atoms with van der Waals surface area (Å²) in [6.07, 6.45) is 1.18. The fraction of sp³-hybridized carbons (Fsp3) is 0.333. The number of nitrogen functional groups attached to an aromatic ring is 1. The third-order valence-corrected chi connectivity index (χ3v) is 2.70. The molecule has 0 aromatic heterocycles. The van der Waals surface area contributed by atoms with E-state index in [-0.39, 0.29) is 18.5 Å². The lowest BCUT2D eigenvalue weighted by atomic mass is 10.1. The van der Waals surface area contributed by atoms with Crippen LogP contribution in [0.2, 0.25) is 0 Å². The molecule has 2 amide bonds. The lowest BCUT2D eigenvalue weighted by Crippen LogP contribution is -2.26. The number of anilines is 1. The Kier molecular flexibility index (Phi) is 5.58. The van der Waals surface area contributed by atoms with E-state index in [4.69, 9.17) is 11.5 Å². The van der Waals surface area contributed by atoms with Gasteiger partial charge in [-0.25, -0.2) is 4.39 Å². The molecule has 1 rings (SSSR count). The normalized spacial score (nSPS) is 10.1. The van der Waals surface area contributed by atoms with Gasteiger partial charge < -0.3 is 16.8 Å². The summed E-state index contributed by atoms with van der Waals surface area (Å²) < 4.78 is 13.3. The summed E-state index contributed by atoms with van der Waals surface area (Å²) in [7, 11) is 0. The van der Waals surface area contributed by atoms with Crippen molar-refractivity contribution in [1.82, 2.24) is 5.32 Å². The third-order valence-electron chi connectivity index (χ3n) is 2.70. The number of nitrogens with zero attached hydrogens (tertiary/aromatic N) is 1. The zero-order valence-electron chi connectivity index (χ0n) is 11.1. The van der Waals surface area contributed by atoms with Crippen molar-refractivity contribution in [3.8, 4) is 0 Å². The van der Waals surface area contributed by atoms with Crippen molar-refractivity contribution < 1.29 is 18.9 Å². The van der Waals surface area contributed by atoms with Crippen LogP contribution in [-0.4, -0.2) is 23.3 Å². The summed E-state index contributed by atoms with van der Waals surface area (Å²) in [4.78, 5) is 32.2. The maximum atomic E-state index is 13.3. The zero-order chi connectivity index (χ0) is 16.0. The Morgan fingerprint density at radius 2 is 2.00 bits per heavy atom. The molecule has 0 unspecified atom stereocenters. The maximum Gasteiger partial charge on any atom is 0.295 e. The van der Waals surface area contributed by atoms with Gasteiger partial charge >= 0.3 is 0 Å². The Hall–Kier alpha value is -2.71. The predicted molar refractivity (Wildman–Crippen MR) is 72.8 cm³/mol. The minimum atomic E-state index is -0.922. The lowest BCUT2D eigenvalue weighted by molar-refractivity contribution is -0.384. The van der Waals surface area contributed by atoms with E-state index in [9.17, 15) is 24.1 Å². The van der Waals surface area contributed by atoms with Crippen LogP contribution in [0.1, 0.15) is 29.6 Å². The van der Waals surface area contributed by atoms with E-state index in [1.165, 1.54) is 0 Å². The van der Waals surface area contributed by atoms with E-state index in [1.54, 1.807) is 0 Å². The van der Waals surface area contributed by atoms with Crippen molar-refractivity contribution >= 4 is 23.2 Å². The summed E-state index contributed by atoms with van der Waals surface area (Å²) in [6.45, 7) is 0.218. The van der Waals surface area contributed by atoms with Crippen LogP contribution in [0.3, 0.4) is 0 Å². The summed E-state index contributed by atoms with van der Waals surface area (Å²) in [5.41, 5.74) is 9.11. The number of halogens is 1. The van der Waals surface area contributed by atoms with Gasteiger partial charge in [-0.05, 0) is 18.9 Å². The monoisotopic (exact) mass is 298 g/mol. The number of rotatable bonds is 7. The number of nitrogens with one attached hydrogen (secondary N) is 1. The number of hydrogen-bond donors (Lipinski definition) is 3. The highest BCUT2D eigenvalue weighted by atomic mass is 19.1. The van der Waals surface area contributed by atoms with Crippen LogP contribution in [0, 0.1) is 15.9 Å². The van der Waals surface area contributed by atoms with Gasteiger partial charge in [-0.1, -0.05) is 0 Å². The second-order valence-electron chi connectivity index (χ2n) is 4.32. The van der Waals surface area contributed by atoms with Gasteiger partial charge in [0, 0.05) is 13.0 Å². The predicted octanol–water partition coefficient (Wildman–Crippen LogP) is 0.701. The second-order valence-corrected chi connectivity index (χ2v) is 4.32. The molecule has 0 aliphatic heterocycles. The number of benzene rings is 1. The molecule has 0 spiro atoms. The number of carbonyl (C=O) groups is 2.